The van der Waals surface area contributed by atoms with Crippen LogP contribution in [0.4, 0.5) is 0 Å². The smallest absolute Gasteiger partial charge is 0.123 e. The lowest BCUT2D eigenvalue weighted by atomic mass is 9.90. The summed E-state index contributed by atoms with van der Waals surface area (Å²) in [5.74, 6) is 1.80. The fraction of sp³-hybridized carbons (Fsp3) is 0.304. The van der Waals surface area contributed by atoms with E-state index in [4.69, 9.17) is 4.74 Å². The van der Waals surface area contributed by atoms with Crippen molar-refractivity contribution in [3.05, 3.63) is 65.9 Å². The molecule has 1 atom stereocenters. The minimum atomic E-state index is 0.317. The number of rotatable bonds is 5. The highest BCUT2D eigenvalue weighted by atomic mass is 16.5. The maximum absolute atomic E-state index is 5.97. The van der Waals surface area contributed by atoms with Crippen LogP contribution in [0.5, 0.6) is 5.75 Å². The molecular formula is C23H24N6O. The summed E-state index contributed by atoms with van der Waals surface area (Å²) in [6, 6.07) is 10.3. The predicted octanol–water partition coefficient (Wildman–Crippen LogP) is 4.34. The second-order valence-electron chi connectivity index (χ2n) is 8.09. The normalized spacial score (nSPS) is 15.4. The second kappa shape index (κ2) is 7.40. The van der Waals surface area contributed by atoms with E-state index in [0.29, 0.717) is 18.4 Å². The molecule has 1 aliphatic heterocycles. The molecule has 0 unspecified atom stereocenters. The van der Waals surface area contributed by atoms with E-state index in [1.807, 2.05) is 25.4 Å². The third-order valence-electron chi connectivity index (χ3n) is 5.65. The van der Waals surface area contributed by atoms with E-state index >= 15 is 0 Å². The van der Waals surface area contributed by atoms with Crippen LogP contribution in [0.25, 0.3) is 22.6 Å². The number of benzene rings is 1. The van der Waals surface area contributed by atoms with E-state index < -0.39 is 0 Å². The van der Waals surface area contributed by atoms with Crippen molar-refractivity contribution in [1.29, 1.82) is 0 Å². The van der Waals surface area contributed by atoms with Crippen molar-refractivity contribution in [2.75, 3.05) is 6.61 Å². The maximum Gasteiger partial charge on any atom is 0.123 e. The Morgan fingerprint density at radius 2 is 2.10 bits per heavy atom. The number of aromatic amines is 1. The van der Waals surface area contributed by atoms with Gasteiger partial charge in [-0.3, -0.25) is 10.1 Å². The summed E-state index contributed by atoms with van der Waals surface area (Å²) >= 11 is 0. The molecule has 0 radical (unpaired) electrons. The van der Waals surface area contributed by atoms with Crippen LogP contribution in [0.2, 0.25) is 0 Å². The van der Waals surface area contributed by atoms with Crippen molar-refractivity contribution in [3.8, 4) is 28.4 Å². The van der Waals surface area contributed by atoms with Crippen LogP contribution < -0.4 is 4.74 Å². The largest absolute Gasteiger partial charge is 0.493 e. The summed E-state index contributed by atoms with van der Waals surface area (Å²) in [5.41, 5.74) is 7.10. The van der Waals surface area contributed by atoms with Crippen LogP contribution in [-0.4, -0.2) is 36.6 Å². The molecule has 0 fully saturated rings. The zero-order valence-electron chi connectivity index (χ0n) is 17.3. The summed E-state index contributed by atoms with van der Waals surface area (Å²) in [7, 11) is 0. The third kappa shape index (κ3) is 3.26. The molecule has 0 aliphatic carbocycles. The number of nitrogens with one attached hydrogen (secondary N) is 1. The van der Waals surface area contributed by atoms with Crippen LogP contribution in [-0.2, 0) is 6.54 Å². The van der Waals surface area contributed by atoms with Gasteiger partial charge in [0.25, 0.3) is 0 Å². The highest BCUT2D eigenvalue weighted by Crippen LogP contribution is 2.40. The molecule has 7 nitrogen and oxygen atoms in total. The first-order chi connectivity index (χ1) is 14.6. The molecule has 1 N–H and O–H groups in total. The number of hydrogen-bond acceptors (Lipinski definition) is 5. The Bertz CT molecular complexity index is 1190. The van der Waals surface area contributed by atoms with E-state index in [-0.39, 0.29) is 0 Å². The number of nitrogens with zero attached hydrogens (tertiary/aromatic N) is 5. The highest BCUT2D eigenvalue weighted by molar-refractivity contribution is 5.67. The lowest BCUT2D eigenvalue weighted by Crippen LogP contribution is -2.11. The summed E-state index contributed by atoms with van der Waals surface area (Å²) < 4.78 is 8.10. The number of aryl methyl sites for hydroxylation is 1. The number of fused-ring (bicyclic) bond motifs is 1. The van der Waals surface area contributed by atoms with Gasteiger partial charge in [-0.25, -0.2) is 4.98 Å². The molecule has 3 aromatic heterocycles. The van der Waals surface area contributed by atoms with Crippen molar-refractivity contribution in [2.24, 2.45) is 0 Å². The van der Waals surface area contributed by atoms with Crippen molar-refractivity contribution in [1.82, 2.24) is 29.9 Å². The van der Waals surface area contributed by atoms with Crippen LogP contribution in [0.3, 0.4) is 0 Å². The molecular weight excluding hydrogens is 376 g/mol. The highest BCUT2D eigenvalue weighted by Gasteiger charge is 2.28. The monoisotopic (exact) mass is 400 g/mol. The van der Waals surface area contributed by atoms with Gasteiger partial charge in [0, 0.05) is 36.0 Å². The first kappa shape index (κ1) is 18.5. The summed E-state index contributed by atoms with van der Waals surface area (Å²) in [4.78, 5) is 9.11. The SMILES string of the molecule is Cc1[nH]nnc1-c1ccnc(-c2cn(C[C@H]3COc4cccc(C(C)C)c43)cn2)c1. The molecule has 152 valence electrons. The average Bonchev–Trinajstić information content (AvgIpc) is 3.48. The zero-order chi connectivity index (χ0) is 20.7. The van der Waals surface area contributed by atoms with Crippen molar-refractivity contribution < 1.29 is 4.74 Å². The van der Waals surface area contributed by atoms with Gasteiger partial charge in [0.05, 0.1) is 24.3 Å². The van der Waals surface area contributed by atoms with E-state index in [1.165, 1.54) is 11.1 Å². The zero-order valence-corrected chi connectivity index (χ0v) is 17.3. The number of aromatic nitrogens is 6. The Morgan fingerprint density at radius 1 is 1.20 bits per heavy atom. The Balaban J connectivity index is 1.40. The van der Waals surface area contributed by atoms with Gasteiger partial charge in [0.1, 0.15) is 17.1 Å². The lowest BCUT2D eigenvalue weighted by Gasteiger charge is -2.16. The van der Waals surface area contributed by atoms with Crippen molar-refractivity contribution in [3.63, 3.8) is 0 Å². The first-order valence-electron chi connectivity index (χ1n) is 10.2. The molecule has 30 heavy (non-hydrogen) atoms. The number of hydrogen-bond donors (Lipinski definition) is 1. The van der Waals surface area contributed by atoms with Crippen LogP contribution in [0.15, 0.2) is 49.1 Å². The maximum atomic E-state index is 5.97. The standard InChI is InChI=1S/C23H24N6O/c1-14(2)18-5-4-6-21-22(18)17(12-30-21)10-29-11-20(25-13-29)19-9-16(7-8-24-19)23-15(3)26-28-27-23/h4-9,11,13-14,17H,10,12H2,1-3H3,(H,26,27,28)/t17-/m0/s1. The molecule has 0 saturated heterocycles. The lowest BCUT2D eigenvalue weighted by molar-refractivity contribution is 0.319. The first-order valence-corrected chi connectivity index (χ1v) is 10.2. The minimum Gasteiger partial charge on any atom is -0.493 e. The summed E-state index contributed by atoms with van der Waals surface area (Å²) in [6.45, 7) is 7.94. The van der Waals surface area contributed by atoms with Crippen LogP contribution >= 0.6 is 0 Å². The number of pyridine rings is 1. The van der Waals surface area contributed by atoms with Crippen LogP contribution in [0, 0.1) is 6.92 Å². The molecule has 1 aliphatic rings. The van der Waals surface area contributed by atoms with Gasteiger partial charge in [0.15, 0.2) is 0 Å². The molecule has 0 saturated carbocycles. The van der Waals surface area contributed by atoms with Gasteiger partial charge in [-0.1, -0.05) is 31.2 Å². The van der Waals surface area contributed by atoms with E-state index in [0.717, 1.165) is 40.6 Å². The molecule has 0 bridgehead atoms. The van der Waals surface area contributed by atoms with E-state index in [9.17, 15) is 0 Å². The number of H-pyrrole nitrogens is 1. The number of ether oxygens (including phenoxy) is 1. The quantitative estimate of drug-likeness (QED) is 0.539. The molecule has 1 aromatic carbocycles. The van der Waals surface area contributed by atoms with Crippen molar-refractivity contribution in [2.45, 2.75) is 39.2 Å². The molecule has 4 aromatic rings. The fourth-order valence-corrected chi connectivity index (χ4v) is 4.16. The topological polar surface area (TPSA) is 81.5 Å². The van der Waals surface area contributed by atoms with E-state index in [2.05, 4.69) is 68.2 Å². The molecule has 0 spiro atoms. The minimum absolute atomic E-state index is 0.317. The van der Waals surface area contributed by atoms with Gasteiger partial charge in [-0.15, -0.1) is 5.10 Å². The average molecular weight is 400 g/mol. The molecule has 4 heterocycles. The molecule has 7 heteroatoms. The summed E-state index contributed by atoms with van der Waals surface area (Å²) in [6.07, 6.45) is 5.71. The Morgan fingerprint density at radius 3 is 2.90 bits per heavy atom. The van der Waals surface area contributed by atoms with Gasteiger partial charge >= 0.3 is 0 Å². The summed E-state index contributed by atoms with van der Waals surface area (Å²) in [5, 5.41) is 10.9. The predicted molar refractivity (Wildman–Crippen MR) is 114 cm³/mol. The van der Waals surface area contributed by atoms with Gasteiger partial charge in [-0.05, 0) is 36.6 Å². The third-order valence-corrected chi connectivity index (χ3v) is 5.65. The van der Waals surface area contributed by atoms with Crippen molar-refractivity contribution >= 4 is 0 Å². The Hall–Kier alpha value is -3.48. The number of imidazole rings is 1. The second-order valence-corrected chi connectivity index (χ2v) is 8.09. The molecule has 0 amide bonds. The van der Waals surface area contributed by atoms with Gasteiger partial charge in [0.2, 0.25) is 0 Å². The van der Waals surface area contributed by atoms with Crippen LogP contribution in [0.1, 0.15) is 42.5 Å². The van der Waals surface area contributed by atoms with Gasteiger partial charge < -0.3 is 9.30 Å². The molecule has 5 rings (SSSR count). The fourth-order valence-electron chi connectivity index (χ4n) is 4.16. The Labute approximate surface area is 175 Å². The Kier molecular flexibility index (Phi) is 4.58. The van der Waals surface area contributed by atoms with E-state index in [1.54, 1.807) is 6.20 Å². The van der Waals surface area contributed by atoms with Gasteiger partial charge in [-0.2, -0.15) is 0 Å².